The third kappa shape index (κ3) is 5.94. The Morgan fingerprint density at radius 3 is 2.74 bits per heavy atom. The van der Waals surface area contributed by atoms with Crippen LogP contribution in [0.2, 0.25) is 5.02 Å². The molecule has 0 amide bonds. The summed E-state index contributed by atoms with van der Waals surface area (Å²) >= 11 is 7.42. The quantitative estimate of drug-likeness (QED) is 0.145. The highest BCUT2D eigenvalue weighted by molar-refractivity contribution is 7.99. The summed E-state index contributed by atoms with van der Waals surface area (Å²) in [6.45, 7) is 2.09. The van der Waals surface area contributed by atoms with Gasteiger partial charge in [0.1, 0.15) is 23.2 Å². The Bertz CT molecular complexity index is 1130. The van der Waals surface area contributed by atoms with E-state index < -0.39 is 0 Å². The van der Waals surface area contributed by atoms with E-state index in [4.69, 9.17) is 11.6 Å². The van der Waals surface area contributed by atoms with E-state index in [2.05, 4.69) is 33.5 Å². The van der Waals surface area contributed by atoms with Crippen LogP contribution < -0.4 is 5.43 Å². The largest absolute Gasteiger partial charge is 0.507 e. The van der Waals surface area contributed by atoms with Gasteiger partial charge in [-0.3, -0.25) is 5.43 Å². The zero-order valence-electron chi connectivity index (χ0n) is 16.6. The van der Waals surface area contributed by atoms with Gasteiger partial charge >= 0.3 is 0 Å². The van der Waals surface area contributed by atoms with E-state index in [1.807, 2.05) is 0 Å². The monoisotopic (exact) mass is 455 g/mol. The number of aromatic hydroxyl groups is 1. The minimum absolute atomic E-state index is 0.0148. The van der Waals surface area contributed by atoms with Crippen molar-refractivity contribution < 1.29 is 9.50 Å². The van der Waals surface area contributed by atoms with E-state index in [0.29, 0.717) is 27.0 Å². The number of aromatic nitrogens is 2. The van der Waals surface area contributed by atoms with Gasteiger partial charge in [-0.25, -0.2) is 14.4 Å². The molecular formula is C22H19ClFN5OS. The van der Waals surface area contributed by atoms with Crippen molar-refractivity contribution in [3.05, 3.63) is 64.4 Å². The zero-order chi connectivity index (χ0) is 22.2. The number of phenolic OH excluding ortho intramolecular Hbond substituents is 1. The van der Waals surface area contributed by atoms with Crippen molar-refractivity contribution in [2.45, 2.75) is 24.9 Å². The molecule has 158 valence electrons. The Hall–Kier alpha value is -3.15. The fourth-order valence-electron chi connectivity index (χ4n) is 2.61. The number of nitriles is 1. The van der Waals surface area contributed by atoms with Gasteiger partial charge in [-0.1, -0.05) is 36.7 Å². The lowest BCUT2D eigenvalue weighted by molar-refractivity contribution is 0.474. The molecule has 0 saturated carbocycles. The molecule has 3 aromatic rings. The lowest BCUT2D eigenvalue weighted by Gasteiger charge is -2.11. The lowest BCUT2D eigenvalue weighted by atomic mass is 10.1. The Kier molecular flexibility index (Phi) is 7.82. The maximum atomic E-state index is 13.4. The molecule has 1 heterocycles. The molecule has 0 aliphatic rings. The zero-order valence-corrected chi connectivity index (χ0v) is 18.2. The minimum atomic E-state index is -0.377. The molecule has 0 spiro atoms. The molecule has 0 unspecified atom stereocenters. The predicted molar refractivity (Wildman–Crippen MR) is 122 cm³/mol. The molecule has 0 radical (unpaired) electrons. The number of unbranched alkanes of at least 4 members (excludes halogenated alkanes) is 1. The first kappa shape index (κ1) is 22.5. The summed E-state index contributed by atoms with van der Waals surface area (Å²) in [4.78, 5) is 8.96. The highest BCUT2D eigenvalue weighted by Crippen LogP contribution is 2.29. The lowest BCUT2D eigenvalue weighted by Crippen LogP contribution is -2.04. The molecule has 31 heavy (non-hydrogen) atoms. The fourth-order valence-corrected chi connectivity index (χ4v) is 3.72. The fraction of sp³-hybridized carbons (Fsp3) is 0.182. The van der Waals surface area contributed by atoms with Gasteiger partial charge < -0.3 is 5.11 Å². The molecule has 9 heteroatoms. The van der Waals surface area contributed by atoms with Crippen LogP contribution >= 0.6 is 23.4 Å². The van der Waals surface area contributed by atoms with Gasteiger partial charge in [0.05, 0.1) is 11.9 Å². The van der Waals surface area contributed by atoms with Crippen molar-refractivity contribution in [2.24, 2.45) is 5.10 Å². The first-order valence-electron chi connectivity index (χ1n) is 9.50. The number of rotatable bonds is 8. The number of benzene rings is 2. The molecule has 6 nitrogen and oxygen atoms in total. The molecule has 1 aromatic heterocycles. The normalized spacial score (nSPS) is 10.9. The number of hydrogen-bond donors (Lipinski definition) is 2. The SMILES string of the molecule is CCCCSc1nc(N/N=C/c2cc(Cl)ccc2O)c(C#N)c(-c2ccc(F)cc2)n1. The summed E-state index contributed by atoms with van der Waals surface area (Å²) < 4.78 is 13.4. The highest BCUT2D eigenvalue weighted by Gasteiger charge is 2.16. The number of halogens is 2. The summed E-state index contributed by atoms with van der Waals surface area (Å²) in [5.41, 5.74) is 4.34. The van der Waals surface area contributed by atoms with Crippen molar-refractivity contribution in [1.29, 1.82) is 5.26 Å². The maximum absolute atomic E-state index is 13.4. The molecule has 0 fully saturated rings. The molecule has 2 aromatic carbocycles. The summed E-state index contributed by atoms with van der Waals surface area (Å²) in [7, 11) is 0. The van der Waals surface area contributed by atoms with Gasteiger partial charge in [0.2, 0.25) is 0 Å². The summed E-state index contributed by atoms with van der Waals surface area (Å²) in [5.74, 6) is 0.678. The van der Waals surface area contributed by atoms with Gasteiger partial charge in [0.15, 0.2) is 11.0 Å². The van der Waals surface area contributed by atoms with Crippen LogP contribution in [-0.2, 0) is 0 Å². The molecular weight excluding hydrogens is 437 g/mol. The van der Waals surface area contributed by atoms with E-state index in [9.17, 15) is 14.8 Å². The predicted octanol–water partition coefficient (Wildman–Crippen LogP) is 5.85. The van der Waals surface area contributed by atoms with Crippen LogP contribution in [0.15, 0.2) is 52.7 Å². The summed E-state index contributed by atoms with van der Waals surface area (Å²) in [6.07, 6.45) is 3.41. The Balaban J connectivity index is 1.98. The standard InChI is InChI=1S/C22H19ClFN5OS/c1-2-3-10-31-22-27-20(14-4-7-17(24)8-5-14)18(12-25)21(28-22)29-26-13-15-11-16(23)6-9-19(15)30/h4-9,11,13,30H,2-3,10H2,1H3,(H,27,28,29)/b26-13+. The van der Waals surface area contributed by atoms with Gasteiger partial charge in [-0.15, -0.1) is 0 Å². The highest BCUT2D eigenvalue weighted by atomic mass is 35.5. The maximum Gasteiger partial charge on any atom is 0.190 e. The number of hydrazone groups is 1. The molecule has 0 aliphatic carbocycles. The van der Waals surface area contributed by atoms with Crippen molar-refractivity contribution in [2.75, 3.05) is 11.2 Å². The molecule has 0 aliphatic heterocycles. The number of nitrogens with one attached hydrogen (secondary N) is 1. The molecule has 0 atom stereocenters. The van der Waals surface area contributed by atoms with Crippen LogP contribution in [0.3, 0.4) is 0 Å². The van der Waals surface area contributed by atoms with Gasteiger partial charge in [-0.05, 0) is 48.9 Å². The Morgan fingerprint density at radius 2 is 2.03 bits per heavy atom. The number of hydrogen-bond acceptors (Lipinski definition) is 7. The number of nitrogens with zero attached hydrogens (tertiary/aromatic N) is 4. The van der Waals surface area contributed by atoms with Gasteiger partial charge in [0, 0.05) is 21.9 Å². The van der Waals surface area contributed by atoms with E-state index in [0.717, 1.165) is 18.6 Å². The topological polar surface area (TPSA) is 94.2 Å². The van der Waals surface area contributed by atoms with E-state index >= 15 is 0 Å². The molecule has 0 saturated heterocycles. The second-order valence-electron chi connectivity index (χ2n) is 6.47. The van der Waals surface area contributed by atoms with E-state index in [1.165, 1.54) is 36.2 Å². The molecule has 2 N–H and O–H groups in total. The summed E-state index contributed by atoms with van der Waals surface area (Å²) in [5, 5.41) is 24.7. The average Bonchev–Trinajstić information content (AvgIpc) is 2.76. The third-order valence-electron chi connectivity index (χ3n) is 4.21. The van der Waals surface area contributed by atoms with Crippen LogP contribution in [0.25, 0.3) is 11.3 Å². The Labute approximate surface area is 188 Å². The first-order valence-corrected chi connectivity index (χ1v) is 10.9. The third-order valence-corrected chi connectivity index (χ3v) is 5.38. The summed E-state index contributed by atoms with van der Waals surface area (Å²) in [6, 6.07) is 12.5. The minimum Gasteiger partial charge on any atom is -0.507 e. The second-order valence-corrected chi connectivity index (χ2v) is 7.97. The van der Waals surface area contributed by atoms with Gasteiger partial charge in [0.25, 0.3) is 0 Å². The number of anilines is 1. The van der Waals surface area contributed by atoms with Gasteiger partial charge in [-0.2, -0.15) is 10.4 Å². The van der Waals surface area contributed by atoms with Crippen molar-refractivity contribution in [1.82, 2.24) is 9.97 Å². The van der Waals surface area contributed by atoms with Crippen molar-refractivity contribution in [3.8, 4) is 23.1 Å². The second kappa shape index (κ2) is 10.8. The average molecular weight is 456 g/mol. The van der Waals surface area contributed by atoms with Crippen molar-refractivity contribution >= 4 is 35.4 Å². The number of phenols is 1. The van der Waals surface area contributed by atoms with Crippen LogP contribution in [0.1, 0.15) is 30.9 Å². The van der Waals surface area contributed by atoms with E-state index in [1.54, 1.807) is 24.3 Å². The van der Waals surface area contributed by atoms with Crippen LogP contribution in [0, 0.1) is 17.1 Å². The molecule has 0 bridgehead atoms. The van der Waals surface area contributed by atoms with Crippen LogP contribution in [0.5, 0.6) is 5.75 Å². The number of thioether (sulfide) groups is 1. The van der Waals surface area contributed by atoms with E-state index in [-0.39, 0.29) is 22.9 Å². The molecule has 3 rings (SSSR count). The smallest absolute Gasteiger partial charge is 0.190 e. The Morgan fingerprint density at radius 1 is 1.26 bits per heavy atom. The van der Waals surface area contributed by atoms with Crippen molar-refractivity contribution in [3.63, 3.8) is 0 Å². The first-order chi connectivity index (χ1) is 15.0. The van der Waals surface area contributed by atoms with Crippen LogP contribution in [0.4, 0.5) is 10.2 Å². The van der Waals surface area contributed by atoms with Crippen LogP contribution in [-0.4, -0.2) is 27.0 Å².